The molecule has 0 aliphatic carbocycles. The van der Waals surface area contributed by atoms with Crippen LogP contribution in [0.25, 0.3) is 10.2 Å². The largest absolute Gasteiger partial charge is 0.483 e. The molecule has 0 bridgehead atoms. The van der Waals surface area contributed by atoms with Crippen LogP contribution < -0.4 is 10.1 Å². The lowest BCUT2D eigenvalue weighted by atomic mass is 10.1. The molecule has 23 heavy (non-hydrogen) atoms. The van der Waals surface area contributed by atoms with Gasteiger partial charge in [-0.15, -0.1) is 0 Å². The number of anilines is 1. The van der Waals surface area contributed by atoms with Crippen molar-refractivity contribution in [1.82, 2.24) is 4.98 Å². The van der Waals surface area contributed by atoms with E-state index in [1.807, 2.05) is 32.0 Å². The monoisotopic (exact) mass is 330 g/mol. The summed E-state index contributed by atoms with van der Waals surface area (Å²) < 4.78 is 19.8. The van der Waals surface area contributed by atoms with Crippen molar-refractivity contribution in [1.29, 1.82) is 0 Å². The number of benzene rings is 2. The van der Waals surface area contributed by atoms with Crippen molar-refractivity contribution in [3.8, 4) is 5.75 Å². The Morgan fingerprint density at radius 3 is 2.83 bits per heavy atom. The van der Waals surface area contributed by atoms with E-state index in [-0.39, 0.29) is 18.0 Å². The van der Waals surface area contributed by atoms with Gasteiger partial charge in [0.05, 0.1) is 4.70 Å². The minimum atomic E-state index is -0.397. The van der Waals surface area contributed by atoms with Gasteiger partial charge in [-0.25, -0.2) is 9.37 Å². The van der Waals surface area contributed by atoms with Crippen LogP contribution in [0.15, 0.2) is 36.4 Å². The first-order chi connectivity index (χ1) is 11.0. The van der Waals surface area contributed by atoms with E-state index in [4.69, 9.17) is 4.74 Å². The summed E-state index contributed by atoms with van der Waals surface area (Å²) in [5, 5.41) is 3.00. The van der Waals surface area contributed by atoms with Crippen molar-refractivity contribution in [2.75, 3.05) is 11.9 Å². The molecule has 6 heteroatoms. The van der Waals surface area contributed by atoms with Crippen LogP contribution in [0, 0.1) is 19.7 Å². The molecule has 2 aromatic carbocycles. The minimum absolute atomic E-state index is 0.122. The fraction of sp³-hybridized carbons (Fsp3) is 0.176. The first-order valence-corrected chi connectivity index (χ1v) is 7.90. The van der Waals surface area contributed by atoms with Gasteiger partial charge in [0.1, 0.15) is 17.1 Å². The zero-order valence-electron chi connectivity index (χ0n) is 12.7. The predicted molar refractivity (Wildman–Crippen MR) is 89.6 cm³/mol. The molecule has 0 spiro atoms. The van der Waals surface area contributed by atoms with Crippen molar-refractivity contribution < 1.29 is 13.9 Å². The van der Waals surface area contributed by atoms with E-state index in [0.29, 0.717) is 15.6 Å². The Balaban J connectivity index is 1.67. The summed E-state index contributed by atoms with van der Waals surface area (Å²) in [5.74, 6) is -0.0493. The molecule has 0 unspecified atom stereocenters. The highest BCUT2D eigenvalue weighted by Gasteiger charge is 2.11. The molecule has 3 rings (SSSR count). The third-order valence-electron chi connectivity index (χ3n) is 3.53. The van der Waals surface area contributed by atoms with Crippen LogP contribution in [0.3, 0.4) is 0 Å². The number of halogens is 1. The van der Waals surface area contributed by atoms with Crippen molar-refractivity contribution in [3.63, 3.8) is 0 Å². The fourth-order valence-electron chi connectivity index (χ4n) is 2.15. The minimum Gasteiger partial charge on any atom is -0.483 e. The molecule has 0 atom stereocenters. The lowest BCUT2D eigenvalue weighted by Crippen LogP contribution is -2.20. The Morgan fingerprint density at radius 1 is 1.26 bits per heavy atom. The van der Waals surface area contributed by atoms with Gasteiger partial charge in [-0.05, 0) is 43.2 Å². The quantitative estimate of drug-likeness (QED) is 0.784. The number of ether oxygens (including phenoxy) is 1. The molecule has 4 nitrogen and oxygen atoms in total. The van der Waals surface area contributed by atoms with Crippen LogP contribution in [0.2, 0.25) is 0 Å². The molecule has 0 saturated heterocycles. The molecule has 1 amide bonds. The maximum absolute atomic E-state index is 13.6. The molecule has 1 N–H and O–H groups in total. The van der Waals surface area contributed by atoms with Gasteiger partial charge in [0, 0.05) is 0 Å². The number of rotatable bonds is 4. The molecule has 1 aromatic heterocycles. The van der Waals surface area contributed by atoms with Gasteiger partial charge in [0.2, 0.25) is 0 Å². The third kappa shape index (κ3) is 3.32. The number of para-hydroxylation sites is 1. The molecule has 3 aromatic rings. The molecule has 0 aliphatic heterocycles. The number of thiazole rings is 1. The first-order valence-electron chi connectivity index (χ1n) is 7.08. The summed E-state index contributed by atoms with van der Waals surface area (Å²) >= 11 is 1.23. The summed E-state index contributed by atoms with van der Waals surface area (Å²) in [6.45, 7) is 3.81. The van der Waals surface area contributed by atoms with E-state index < -0.39 is 5.82 Å². The van der Waals surface area contributed by atoms with Gasteiger partial charge < -0.3 is 4.74 Å². The Labute approximate surface area is 136 Å². The van der Waals surface area contributed by atoms with Crippen LogP contribution >= 0.6 is 11.3 Å². The highest BCUT2D eigenvalue weighted by molar-refractivity contribution is 7.22. The van der Waals surface area contributed by atoms with Gasteiger partial charge in [-0.3, -0.25) is 10.1 Å². The second-order valence-corrected chi connectivity index (χ2v) is 6.17. The summed E-state index contributed by atoms with van der Waals surface area (Å²) in [4.78, 5) is 16.1. The smallest absolute Gasteiger partial charge is 0.264 e. The van der Waals surface area contributed by atoms with Crippen molar-refractivity contribution in [3.05, 3.63) is 53.3 Å². The lowest BCUT2D eigenvalue weighted by molar-refractivity contribution is -0.118. The second-order valence-electron chi connectivity index (χ2n) is 5.14. The van der Waals surface area contributed by atoms with Crippen LogP contribution in [-0.4, -0.2) is 17.5 Å². The maximum Gasteiger partial charge on any atom is 0.264 e. The molecule has 0 saturated carbocycles. The lowest BCUT2D eigenvalue weighted by Gasteiger charge is -2.10. The SMILES string of the molecule is Cc1cccc(OCC(=O)Nc2nc3c(F)cccc3s2)c1C. The number of carbonyl (C=O) groups is 1. The molecule has 1 heterocycles. The molecule has 118 valence electrons. The van der Waals surface area contributed by atoms with E-state index >= 15 is 0 Å². The predicted octanol–water partition coefficient (Wildman–Crippen LogP) is 4.07. The Bertz CT molecular complexity index is 876. The van der Waals surface area contributed by atoms with Gasteiger partial charge in [-0.1, -0.05) is 29.5 Å². The number of carbonyl (C=O) groups excluding carboxylic acids is 1. The van der Waals surface area contributed by atoms with Crippen molar-refractivity contribution >= 4 is 32.6 Å². The number of amides is 1. The molecular formula is C17H15FN2O2S. The van der Waals surface area contributed by atoms with E-state index in [1.54, 1.807) is 12.1 Å². The number of aromatic nitrogens is 1. The number of hydrogen-bond acceptors (Lipinski definition) is 4. The standard InChI is InChI=1S/C17H15FN2O2S/c1-10-5-3-7-13(11(10)2)22-9-15(21)19-17-20-16-12(18)6-4-8-14(16)23-17/h3-8H,9H2,1-2H3,(H,19,20,21). The van der Waals surface area contributed by atoms with Crippen LogP contribution in [0.1, 0.15) is 11.1 Å². The van der Waals surface area contributed by atoms with E-state index in [0.717, 1.165) is 11.1 Å². The highest BCUT2D eigenvalue weighted by Crippen LogP contribution is 2.27. The summed E-state index contributed by atoms with van der Waals surface area (Å²) in [6, 6.07) is 10.4. The van der Waals surface area contributed by atoms with Crippen LogP contribution in [0.5, 0.6) is 5.75 Å². The summed E-state index contributed by atoms with van der Waals surface area (Å²) in [6.07, 6.45) is 0. The third-order valence-corrected chi connectivity index (χ3v) is 4.47. The zero-order valence-corrected chi connectivity index (χ0v) is 13.5. The Kier molecular flexibility index (Phi) is 4.25. The van der Waals surface area contributed by atoms with Gasteiger partial charge in [0.15, 0.2) is 11.7 Å². The topological polar surface area (TPSA) is 51.2 Å². The second kappa shape index (κ2) is 6.34. The number of fused-ring (bicyclic) bond motifs is 1. The summed E-state index contributed by atoms with van der Waals surface area (Å²) in [5.41, 5.74) is 2.37. The molecule has 0 fully saturated rings. The average molecular weight is 330 g/mol. The summed E-state index contributed by atoms with van der Waals surface area (Å²) in [7, 11) is 0. The average Bonchev–Trinajstić information content (AvgIpc) is 2.93. The number of nitrogens with zero attached hydrogens (tertiary/aromatic N) is 1. The Hall–Kier alpha value is -2.47. The number of nitrogens with one attached hydrogen (secondary N) is 1. The maximum atomic E-state index is 13.6. The molecular weight excluding hydrogens is 315 g/mol. The first kappa shape index (κ1) is 15.4. The van der Waals surface area contributed by atoms with Gasteiger partial charge in [-0.2, -0.15) is 0 Å². The van der Waals surface area contributed by atoms with E-state index in [9.17, 15) is 9.18 Å². The van der Waals surface area contributed by atoms with Gasteiger partial charge >= 0.3 is 0 Å². The van der Waals surface area contributed by atoms with Crippen molar-refractivity contribution in [2.45, 2.75) is 13.8 Å². The fourth-order valence-corrected chi connectivity index (χ4v) is 3.04. The number of aryl methyl sites for hydroxylation is 1. The molecule has 0 radical (unpaired) electrons. The normalized spacial score (nSPS) is 10.7. The highest BCUT2D eigenvalue weighted by atomic mass is 32.1. The number of hydrogen-bond donors (Lipinski definition) is 1. The van der Waals surface area contributed by atoms with Gasteiger partial charge in [0.25, 0.3) is 5.91 Å². The van der Waals surface area contributed by atoms with Crippen LogP contribution in [-0.2, 0) is 4.79 Å². The van der Waals surface area contributed by atoms with Crippen molar-refractivity contribution in [2.24, 2.45) is 0 Å². The zero-order chi connectivity index (χ0) is 16.4. The van der Waals surface area contributed by atoms with E-state index in [1.165, 1.54) is 17.4 Å². The molecule has 0 aliphatic rings. The Morgan fingerprint density at radius 2 is 2.04 bits per heavy atom. The van der Waals surface area contributed by atoms with E-state index in [2.05, 4.69) is 10.3 Å². The van der Waals surface area contributed by atoms with Crippen LogP contribution in [0.4, 0.5) is 9.52 Å².